The summed E-state index contributed by atoms with van der Waals surface area (Å²) >= 11 is 1.27. The number of fused-ring (bicyclic) bond motifs is 2. The van der Waals surface area contributed by atoms with Crippen LogP contribution in [-0.4, -0.2) is 22.1 Å². The lowest BCUT2D eigenvalue weighted by molar-refractivity contribution is -0.384. The third kappa shape index (κ3) is 5.55. The predicted molar refractivity (Wildman–Crippen MR) is 168 cm³/mol. The highest BCUT2D eigenvalue weighted by Crippen LogP contribution is 2.34. The van der Waals surface area contributed by atoms with Crippen LogP contribution >= 0.6 is 11.3 Å². The summed E-state index contributed by atoms with van der Waals surface area (Å²) < 4.78 is 13.3. The van der Waals surface area contributed by atoms with Crippen molar-refractivity contribution in [3.05, 3.63) is 149 Å². The Hall–Kier alpha value is -5.35. The number of aromatic nitrogens is 1. The van der Waals surface area contributed by atoms with E-state index in [0.717, 1.165) is 27.5 Å². The third-order valence-corrected chi connectivity index (χ3v) is 8.35. The highest BCUT2D eigenvalue weighted by atomic mass is 32.1. The Kier molecular flexibility index (Phi) is 7.91. The number of carbonyl (C=O) groups is 1. The van der Waals surface area contributed by atoms with Gasteiger partial charge in [-0.2, -0.15) is 0 Å². The number of thiazole rings is 1. The number of carbonyl (C=O) groups excluding carboxylic acids is 1. The number of rotatable bonds is 8. The molecule has 5 aromatic rings. The SMILES string of the molecule is CCOC(=O)C1=C(C)N=c2s/c(=C/c3ccc(OCc4ccc([N+](=O)[O-])cc4)cc3)c(=O)n2[C@H]1c1cccc2ccccc12. The van der Waals surface area contributed by atoms with Gasteiger partial charge in [-0.1, -0.05) is 65.9 Å². The largest absolute Gasteiger partial charge is 0.489 e. The van der Waals surface area contributed by atoms with Crippen molar-refractivity contribution in [2.45, 2.75) is 26.5 Å². The Bertz CT molecular complexity index is 2110. The third-order valence-electron chi connectivity index (χ3n) is 7.37. The fourth-order valence-electron chi connectivity index (χ4n) is 5.27. The average molecular weight is 606 g/mol. The van der Waals surface area contributed by atoms with Gasteiger partial charge in [0.1, 0.15) is 12.4 Å². The van der Waals surface area contributed by atoms with Crippen molar-refractivity contribution < 1.29 is 19.2 Å². The van der Waals surface area contributed by atoms with Crippen LogP contribution in [0.2, 0.25) is 0 Å². The van der Waals surface area contributed by atoms with Gasteiger partial charge in [-0.15, -0.1) is 0 Å². The van der Waals surface area contributed by atoms with E-state index < -0.39 is 16.9 Å². The summed E-state index contributed by atoms with van der Waals surface area (Å²) in [6.45, 7) is 3.99. The molecule has 0 aliphatic carbocycles. The highest BCUT2D eigenvalue weighted by molar-refractivity contribution is 7.07. The first-order valence-corrected chi connectivity index (χ1v) is 14.8. The topological polar surface area (TPSA) is 113 Å². The molecule has 220 valence electrons. The Labute approximate surface area is 255 Å². The number of benzene rings is 4. The molecule has 0 radical (unpaired) electrons. The van der Waals surface area contributed by atoms with E-state index in [1.54, 1.807) is 48.8 Å². The van der Waals surface area contributed by atoms with Gasteiger partial charge in [-0.25, -0.2) is 9.79 Å². The molecule has 0 saturated carbocycles. The summed E-state index contributed by atoms with van der Waals surface area (Å²) in [4.78, 5) is 42.9. The number of nitrogens with zero attached hydrogens (tertiary/aromatic N) is 3. The average Bonchev–Trinajstić information content (AvgIpc) is 3.33. The molecule has 44 heavy (non-hydrogen) atoms. The van der Waals surface area contributed by atoms with Crippen LogP contribution in [0.3, 0.4) is 0 Å². The molecular weight excluding hydrogens is 578 g/mol. The summed E-state index contributed by atoms with van der Waals surface area (Å²) in [5, 5.41) is 12.8. The van der Waals surface area contributed by atoms with Crippen LogP contribution in [0.5, 0.6) is 5.75 Å². The number of nitro groups is 1. The Balaban J connectivity index is 1.35. The molecule has 1 aromatic heterocycles. The van der Waals surface area contributed by atoms with Crippen molar-refractivity contribution in [2.75, 3.05) is 6.61 Å². The fourth-order valence-corrected chi connectivity index (χ4v) is 6.31. The zero-order valence-electron chi connectivity index (χ0n) is 23.9. The Morgan fingerprint density at radius 2 is 1.75 bits per heavy atom. The van der Waals surface area contributed by atoms with Gasteiger partial charge in [0.05, 0.1) is 33.4 Å². The van der Waals surface area contributed by atoms with E-state index >= 15 is 0 Å². The lowest BCUT2D eigenvalue weighted by Crippen LogP contribution is -2.40. The first-order chi connectivity index (χ1) is 21.3. The molecule has 0 unspecified atom stereocenters. The summed E-state index contributed by atoms with van der Waals surface area (Å²) in [5.41, 5.74) is 3.06. The molecule has 4 aromatic carbocycles. The van der Waals surface area contributed by atoms with E-state index in [1.165, 1.54) is 23.5 Å². The standard InChI is InChI=1S/C34H27N3O6S/c1-3-42-33(39)30-21(2)35-34-36(31(30)28-10-6-8-24-7-4-5-9-27(24)28)32(38)29(44-34)19-22-13-17-26(18-14-22)43-20-23-11-15-25(16-12-23)37(40)41/h4-19,31H,3,20H2,1-2H3/b29-19+/t31-/m0/s1. The molecule has 0 N–H and O–H groups in total. The molecule has 0 saturated heterocycles. The number of allylic oxidation sites excluding steroid dienone is 1. The quantitative estimate of drug-likeness (QED) is 0.132. The Morgan fingerprint density at radius 3 is 2.48 bits per heavy atom. The normalized spacial score (nSPS) is 14.7. The van der Waals surface area contributed by atoms with Gasteiger partial charge in [0.25, 0.3) is 11.2 Å². The smallest absolute Gasteiger partial charge is 0.338 e. The number of nitro benzene ring substituents is 1. The van der Waals surface area contributed by atoms with Gasteiger partial charge in [-0.05, 0) is 71.7 Å². The first kappa shape index (κ1) is 28.8. The van der Waals surface area contributed by atoms with Crippen LogP contribution in [0.15, 0.2) is 112 Å². The van der Waals surface area contributed by atoms with E-state index in [4.69, 9.17) is 9.47 Å². The molecule has 0 fully saturated rings. The predicted octanol–water partition coefficient (Wildman–Crippen LogP) is 5.44. The lowest BCUT2D eigenvalue weighted by atomic mass is 9.91. The van der Waals surface area contributed by atoms with E-state index in [0.29, 0.717) is 26.4 Å². The molecule has 6 rings (SSSR count). The minimum atomic E-state index is -0.700. The van der Waals surface area contributed by atoms with E-state index in [-0.39, 0.29) is 24.5 Å². The van der Waals surface area contributed by atoms with E-state index in [9.17, 15) is 19.7 Å². The van der Waals surface area contributed by atoms with Crippen molar-refractivity contribution >= 4 is 39.8 Å². The molecule has 2 heterocycles. The Morgan fingerprint density at radius 1 is 1.02 bits per heavy atom. The van der Waals surface area contributed by atoms with Crippen LogP contribution in [0.1, 0.15) is 36.6 Å². The second kappa shape index (κ2) is 12.1. The van der Waals surface area contributed by atoms with Gasteiger partial charge in [0.2, 0.25) is 0 Å². The molecule has 0 amide bonds. The second-order valence-corrected chi connectivity index (χ2v) is 11.2. The van der Waals surface area contributed by atoms with Crippen LogP contribution in [0, 0.1) is 10.1 Å². The second-order valence-electron chi connectivity index (χ2n) is 10.2. The minimum Gasteiger partial charge on any atom is -0.489 e. The monoisotopic (exact) mass is 605 g/mol. The zero-order valence-corrected chi connectivity index (χ0v) is 24.7. The summed E-state index contributed by atoms with van der Waals surface area (Å²) in [5.74, 6) is 0.123. The maximum absolute atomic E-state index is 14.0. The number of hydrogen-bond acceptors (Lipinski definition) is 8. The zero-order chi connectivity index (χ0) is 30.8. The maximum atomic E-state index is 14.0. The van der Waals surface area contributed by atoms with Crippen LogP contribution < -0.4 is 19.6 Å². The molecule has 1 aliphatic rings. The van der Waals surface area contributed by atoms with Crippen molar-refractivity contribution in [3.63, 3.8) is 0 Å². The summed E-state index contributed by atoms with van der Waals surface area (Å²) in [7, 11) is 0. The van der Waals surface area contributed by atoms with Crippen molar-refractivity contribution in [1.82, 2.24) is 4.57 Å². The molecule has 9 nitrogen and oxygen atoms in total. The van der Waals surface area contributed by atoms with Crippen molar-refractivity contribution in [2.24, 2.45) is 4.99 Å². The van der Waals surface area contributed by atoms with Gasteiger partial charge in [0.15, 0.2) is 4.80 Å². The summed E-state index contributed by atoms with van der Waals surface area (Å²) in [6, 6.07) is 26.6. The van der Waals surface area contributed by atoms with E-state index in [1.807, 2.05) is 54.6 Å². The highest BCUT2D eigenvalue weighted by Gasteiger charge is 2.34. The molecule has 1 aliphatic heterocycles. The van der Waals surface area contributed by atoms with Gasteiger partial charge in [-0.3, -0.25) is 19.5 Å². The van der Waals surface area contributed by atoms with Crippen LogP contribution in [0.4, 0.5) is 5.69 Å². The minimum absolute atomic E-state index is 0.0269. The number of hydrogen-bond donors (Lipinski definition) is 0. The lowest BCUT2D eigenvalue weighted by Gasteiger charge is -2.25. The number of esters is 1. The van der Waals surface area contributed by atoms with Gasteiger partial charge >= 0.3 is 5.97 Å². The van der Waals surface area contributed by atoms with Gasteiger partial charge < -0.3 is 9.47 Å². The van der Waals surface area contributed by atoms with Crippen LogP contribution in [-0.2, 0) is 16.1 Å². The molecule has 0 spiro atoms. The van der Waals surface area contributed by atoms with Crippen molar-refractivity contribution in [3.8, 4) is 5.75 Å². The number of non-ortho nitro benzene ring substituents is 1. The van der Waals surface area contributed by atoms with E-state index in [2.05, 4.69) is 4.99 Å². The van der Waals surface area contributed by atoms with Crippen molar-refractivity contribution in [1.29, 1.82) is 0 Å². The molecule has 0 bridgehead atoms. The molecule has 10 heteroatoms. The van der Waals surface area contributed by atoms with Crippen LogP contribution in [0.25, 0.3) is 16.8 Å². The first-order valence-electron chi connectivity index (χ1n) is 14.0. The summed E-state index contributed by atoms with van der Waals surface area (Å²) in [6.07, 6.45) is 1.80. The van der Waals surface area contributed by atoms with Gasteiger partial charge in [0, 0.05) is 12.1 Å². The maximum Gasteiger partial charge on any atom is 0.338 e. The fraction of sp³-hybridized carbons (Fsp3) is 0.147. The number of ether oxygens (including phenoxy) is 2. The molecule has 1 atom stereocenters. The molecular formula is C34H27N3O6S.